The first-order valence-corrected chi connectivity index (χ1v) is 11.7. The fourth-order valence-electron chi connectivity index (χ4n) is 3.36. The van der Waals surface area contributed by atoms with E-state index in [9.17, 15) is 13.2 Å². The van der Waals surface area contributed by atoms with E-state index in [1.165, 1.54) is 19.2 Å². The number of amides is 1. The molecule has 0 atom stereocenters. The van der Waals surface area contributed by atoms with Gasteiger partial charge in [0, 0.05) is 49.0 Å². The molecular formula is C21H26ClN3O4S. The molecule has 1 N–H and O–H groups in total. The number of hydrogen-bond acceptors (Lipinski definition) is 5. The summed E-state index contributed by atoms with van der Waals surface area (Å²) in [5.74, 6) is 0.0104. The Labute approximate surface area is 182 Å². The summed E-state index contributed by atoms with van der Waals surface area (Å²) in [6.07, 6.45) is 0.664. The molecule has 0 spiro atoms. The van der Waals surface area contributed by atoms with Crippen molar-refractivity contribution in [3.63, 3.8) is 0 Å². The molecule has 1 amide bonds. The van der Waals surface area contributed by atoms with Crippen LogP contribution in [0.15, 0.2) is 47.4 Å². The van der Waals surface area contributed by atoms with Gasteiger partial charge in [0.15, 0.2) is 0 Å². The average Bonchev–Trinajstić information content (AvgIpc) is 2.77. The molecule has 162 valence electrons. The van der Waals surface area contributed by atoms with Crippen molar-refractivity contribution in [2.24, 2.45) is 0 Å². The number of nitrogens with one attached hydrogen (secondary N) is 1. The van der Waals surface area contributed by atoms with Crippen molar-refractivity contribution in [3.8, 4) is 5.75 Å². The number of carbonyl (C=O) groups excluding carboxylic acids is 1. The number of hydrogen-bond donors (Lipinski definition) is 1. The van der Waals surface area contributed by atoms with Gasteiger partial charge in [-0.05, 0) is 42.8 Å². The topological polar surface area (TPSA) is 79.0 Å². The standard InChI is InChI=1S/C21H26ClN3O4S/c1-3-9-23-30(27,28)20-14-16(7-8-19(20)29-2)21(26)25-12-10-24(11-13-25)18-6-4-5-17(22)15-18/h4-8,14-15,23H,3,9-13H2,1-2H3. The summed E-state index contributed by atoms with van der Waals surface area (Å²) in [4.78, 5) is 16.9. The molecule has 0 aliphatic carbocycles. The molecule has 0 aromatic heterocycles. The summed E-state index contributed by atoms with van der Waals surface area (Å²) in [7, 11) is -2.36. The fourth-order valence-corrected chi connectivity index (χ4v) is 4.87. The Hall–Kier alpha value is -2.29. The zero-order valence-corrected chi connectivity index (χ0v) is 18.7. The number of sulfonamides is 1. The van der Waals surface area contributed by atoms with Crippen LogP contribution in [0.1, 0.15) is 23.7 Å². The predicted octanol–water partition coefficient (Wildman–Crippen LogP) is 3.00. The molecule has 1 aliphatic heterocycles. The van der Waals surface area contributed by atoms with Crippen molar-refractivity contribution in [1.82, 2.24) is 9.62 Å². The van der Waals surface area contributed by atoms with Gasteiger partial charge < -0.3 is 14.5 Å². The number of methoxy groups -OCH3 is 1. The van der Waals surface area contributed by atoms with Crippen LogP contribution in [0.4, 0.5) is 5.69 Å². The van der Waals surface area contributed by atoms with Gasteiger partial charge in [-0.2, -0.15) is 0 Å². The second-order valence-electron chi connectivity index (χ2n) is 7.02. The van der Waals surface area contributed by atoms with E-state index in [0.29, 0.717) is 49.7 Å². The van der Waals surface area contributed by atoms with E-state index in [1.807, 2.05) is 31.2 Å². The first-order chi connectivity index (χ1) is 14.4. The van der Waals surface area contributed by atoms with E-state index in [0.717, 1.165) is 5.69 Å². The molecule has 7 nitrogen and oxygen atoms in total. The van der Waals surface area contributed by atoms with Gasteiger partial charge in [-0.1, -0.05) is 24.6 Å². The van der Waals surface area contributed by atoms with Crippen LogP contribution >= 0.6 is 11.6 Å². The molecule has 1 fully saturated rings. The highest BCUT2D eigenvalue weighted by Crippen LogP contribution is 2.26. The zero-order chi connectivity index (χ0) is 21.7. The highest BCUT2D eigenvalue weighted by Gasteiger charge is 2.26. The zero-order valence-electron chi connectivity index (χ0n) is 17.1. The van der Waals surface area contributed by atoms with Gasteiger partial charge in [0.25, 0.3) is 5.91 Å². The Morgan fingerprint density at radius 3 is 2.50 bits per heavy atom. The highest BCUT2D eigenvalue weighted by molar-refractivity contribution is 7.89. The third-order valence-corrected chi connectivity index (χ3v) is 6.70. The van der Waals surface area contributed by atoms with Crippen LogP contribution in [-0.2, 0) is 10.0 Å². The smallest absolute Gasteiger partial charge is 0.254 e. The molecule has 1 saturated heterocycles. The Kier molecular flexibility index (Phi) is 7.23. The third kappa shape index (κ3) is 5.06. The lowest BCUT2D eigenvalue weighted by Crippen LogP contribution is -2.48. The van der Waals surface area contributed by atoms with Gasteiger partial charge in [0.1, 0.15) is 10.6 Å². The van der Waals surface area contributed by atoms with E-state index >= 15 is 0 Å². The van der Waals surface area contributed by atoms with Crippen LogP contribution in [0.5, 0.6) is 5.75 Å². The van der Waals surface area contributed by atoms with Crippen LogP contribution in [-0.4, -0.2) is 59.1 Å². The van der Waals surface area contributed by atoms with Crippen molar-refractivity contribution < 1.29 is 17.9 Å². The second-order valence-corrected chi connectivity index (χ2v) is 9.19. The number of rotatable bonds is 7. The van der Waals surface area contributed by atoms with Crippen LogP contribution in [0.2, 0.25) is 5.02 Å². The summed E-state index contributed by atoms with van der Waals surface area (Å²) in [5, 5.41) is 0.676. The first kappa shape index (κ1) is 22.4. The van der Waals surface area contributed by atoms with Crippen LogP contribution in [0.3, 0.4) is 0 Å². The predicted molar refractivity (Wildman–Crippen MR) is 118 cm³/mol. The lowest BCUT2D eigenvalue weighted by molar-refractivity contribution is 0.0746. The molecule has 0 saturated carbocycles. The Morgan fingerprint density at radius 1 is 1.13 bits per heavy atom. The van der Waals surface area contributed by atoms with Crippen molar-refractivity contribution in [1.29, 1.82) is 0 Å². The number of carbonyl (C=O) groups is 1. The first-order valence-electron chi connectivity index (χ1n) is 9.83. The van der Waals surface area contributed by atoms with Crippen molar-refractivity contribution in [3.05, 3.63) is 53.1 Å². The Balaban J connectivity index is 1.75. The van der Waals surface area contributed by atoms with Gasteiger partial charge in [-0.25, -0.2) is 13.1 Å². The molecule has 1 heterocycles. The largest absolute Gasteiger partial charge is 0.495 e. The van der Waals surface area contributed by atoms with Gasteiger partial charge in [-0.3, -0.25) is 4.79 Å². The average molecular weight is 452 g/mol. The van der Waals surface area contributed by atoms with E-state index in [2.05, 4.69) is 9.62 Å². The lowest BCUT2D eigenvalue weighted by Gasteiger charge is -2.36. The van der Waals surface area contributed by atoms with Gasteiger partial charge in [0.2, 0.25) is 10.0 Å². The monoisotopic (exact) mass is 451 g/mol. The number of anilines is 1. The second kappa shape index (κ2) is 9.68. The quantitative estimate of drug-likeness (QED) is 0.700. The maximum absolute atomic E-state index is 13.0. The molecule has 2 aromatic rings. The molecule has 0 radical (unpaired) electrons. The number of halogens is 1. The van der Waals surface area contributed by atoms with Crippen molar-refractivity contribution in [2.45, 2.75) is 18.2 Å². The number of ether oxygens (including phenoxy) is 1. The maximum atomic E-state index is 13.0. The molecule has 0 unspecified atom stereocenters. The van der Waals surface area contributed by atoms with E-state index in [-0.39, 0.29) is 16.6 Å². The van der Waals surface area contributed by atoms with E-state index in [4.69, 9.17) is 16.3 Å². The lowest BCUT2D eigenvalue weighted by atomic mass is 10.1. The maximum Gasteiger partial charge on any atom is 0.254 e. The minimum absolute atomic E-state index is 0.0261. The summed E-state index contributed by atoms with van der Waals surface area (Å²) >= 11 is 6.08. The van der Waals surface area contributed by atoms with Gasteiger partial charge in [0.05, 0.1) is 7.11 Å². The summed E-state index contributed by atoms with van der Waals surface area (Å²) in [5.41, 5.74) is 1.35. The van der Waals surface area contributed by atoms with Gasteiger partial charge in [-0.15, -0.1) is 0 Å². The highest BCUT2D eigenvalue weighted by atomic mass is 35.5. The minimum atomic E-state index is -3.77. The van der Waals surface area contributed by atoms with Crippen LogP contribution in [0.25, 0.3) is 0 Å². The van der Waals surface area contributed by atoms with Gasteiger partial charge >= 0.3 is 0 Å². The molecule has 0 bridgehead atoms. The molecule has 30 heavy (non-hydrogen) atoms. The summed E-state index contributed by atoms with van der Waals surface area (Å²) < 4.78 is 33.0. The van der Waals surface area contributed by atoms with Crippen molar-refractivity contribution >= 4 is 33.2 Å². The van der Waals surface area contributed by atoms with Crippen LogP contribution < -0.4 is 14.4 Å². The molecule has 9 heteroatoms. The minimum Gasteiger partial charge on any atom is -0.495 e. The normalized spacial score (nSPS) is 14.6. The molecule has 1 aliphatic rings. The number of nitrogens with zero attached hydrogens (tertiary/aromatic N) is 2. The third-order valence-electron chi connectivity index (χ3n) is 4.98. The number of benzene rings is 2. The summed E-state index contributed by atoms with van der Waals surface area (Å²) in [6, 6.07) is 12.1. The molecule has 2 aromatic carbocycles. The van der Waals surface area contributed by atoms with E-state index in [1.54, 1.807) is 11.0 Å². The van der Waals surface area contributed by atoms with Crippen molar-refractivity contribution in [2.75, 3.05) is 44.7 Å². The Morgan fingerprint density at radius 2 is 1.87 bits per heavy atom. The van der Waals surface area contributed by atoms with E-state index < -0.39 is 10.0 Å². The Bertz CT molecular complexity index is 1010. The number of piperazine rings is 1. The fraction of sp³-hybridized carbons (Fsp3) is 0.381. The molecular weight excluding hydrogens is 426 g/mol. The van der Waals surface area contributed by atoms with Crippen LogP contribution in [0, 0.1) is 0 Å². The summed E-state index contributed by atoms with van der Waals surface area (Å²) in [6.45, 7) is 4.61. The SMILES string of the molecule is CCCNS(=O)(=O)c1cc(C(=O)N2CCN(c3cccc(Cl)c3)CC2)ccc1OC. The molecule has 3 rings (SSSR count).